The van der Waals surface area contributed by atoms with Gasteiger partial charge in [-0.25, -0.2) is 26.8 Å². The molecule has 0 amide bonds. The minimum Gasteiger partial charge on any atom is -0.742 e. The number of aromatic nitrogens is 4. The molecule has 292 valence electrons. The van der Waals surface area contributed by atoms with Crippen molar-refractivity contribution in [3.63, 3.8) is 0 Å². The Morgan fingerprint density at radius 2 is 0.600 bits per heavy atom. The second-order valence-electron chi connectivity index (χ2n) is 13.5. The molecule has 0 N–H and O–H groups in total. The van der Waals surface area contributed by atoms with Gasteiger partial charge in [0.1, 0.15) is 0 Å². The molecule has 2 aromatic heterocycles. The minimum absolute atomic E-state index is 0. The first-order chi connectivity index (χ1) is 28.0. The Morgan fingerprint density at radius 3 is 0.850 bits per heavy atom. The Bertz CT molecular complexity index is 2620. The Morgan fingerprint density at radius 1 is 0.367 bits per heavy atom. The summed E-state index contributed by atoms with van der Waals surface area (Å²) in [5.41, 5.74) is 7.75. The zero-order valence-electron chi connectivity index (χ0n) is 33.2. The molecule has 10 nitrogen and oxygen atoms in total. The van der Waals surface area contributed by atoms with E-state index in [1.807, 2.05) is 133 Å². The van der Waals surface area contributed by atoms with Crippen LogP contribution < -0.4 is 59.1 Å². The number of para-hydroxylation sites is 2. The van der Waals surface area contributed by atoms with Gasteiger partial charge in [-0.3, -0.25) is 9.13 Å². The SMILES string of the molecule is O=S(=O)([O-])c1nc(Cc2ccccc2)c(Cc2ccccc2)n1-c1ccccc1.O=S(=O)([O-])c1nc(Cc2ccccc2)c(Cc2ccccc2)n1-c1ccccc1.[Na+].[Na+]. The van der Waals surface area contributed by atoms with Crippen molar-refractivity contribution in [2.45, 2.75) is 36.0 Å². The zero-order valence-corrected chi connectivity index (χ0v) is 38.8. The van der Waals surface area contributed by atoms with Gasteiger partial charge in [0.2, 0.25) is 10.3 Å². The summed E-state index contributed by atoms with van der Waals surface area (Å²) >= 11 is 0. The molecule has 0 fully saturated rings. The first-order valence-corrected chi connectivity index (χ1v) is 21.3. The van der Waals surface area contributed by atoms with Crippen molar-refractivity contribution in [1.82, 2.24) is 19.1 Å². The molecule has 0 radical (unpaired) electrons. The van der Waals surface area contributed by atoms with Crippen LogP contribution in [0, 0.1) is 0 Å². The zero-order chi connectivity index (χ0) is 40.5. The average Bonchev–Trinajstić information content (AvgIpc) is 3.78. The fourth-order valence-electron chi connectivity index (χ4n) is 6.77. The standard InChI is InChI=1S/2C23H20N2O3S.2Na/c2*26-29(27,28)23-24-21(16-18-10-4-1-5-11-18)22(17-19-12-6-2-7-13-19)25(23)20-14-8-3-9-15-20;;/h2*1-15H,16-17H2,(H,26,27,28);;/q;;2*+1/p-2. The molecule has 0 aliphatic carbocycles. The van der Waals surface area contributed by atoms with Gasteiger partial charge in [0, 0.05) is 37.1 Å². The molecule has 0 bridgehead atoms. The normalized spacial score (nSPS) is 11.1. The van der Waals surface area contributed by atoms with Crippen molar-refractivity contribution >= 4 is 20.2 Å². The molecule has 6 aromatic carbocycles. The van der Waals surface area contributed by atoms with Gasteiger partial charge in [-0.2, -0.15) is 0 Å². The molecular weight excluding hydrogens is 815 g/mol. The molecule has 0 atom stereocenters. The Hall–Kier alpha value is -4.44. The van der Waals surface area contributed by atoms with E-state index in [-0.39, 0.29) is 59.1 Å². The number of hydrogen-bond acceptors (Lipinski definition) is 8. The van der Waals surface area contributed by atoms with Crippen LogP contribution in [0.5, 0.6) is 0 Å². The van der Waals surface area contributed by atoms with Gasteiger partial charge in [0.15, 0.2) is 20.2 Å². The van der Waals surface area contributed by atoms with Crippen LogP contribution in [-0.4, -0.2) is 45.0 Å². The van der Waals surface area contributed by atoms with Crippen LogP contribution in [-0.2, 0) is 45.9 Å². The summed E-state index contributed by atoms with van der Waals surface area (Å²) in [7, 11) is -9.53. The summed E-state index contributed by atoms with van der Waals surface area (Å²) in [6, 6.07) is 56.8. The third kappa shape index (κ3) is 11.9. The largest absolute Gasteiger partial charge is 1.00 e. The molecule has 14 heteroatoms. The molecule has 8 aromatic rings. The maximum absolute atomic E-state index is 12.1. The monoisotopic (exact) mass is 852 g/mol. The van der Waals surface area contributed by atoms with E-state index in [1.54, 1.807) is 48.5 Å². The van der Waals surface area contributed by atoms with E-state index in [2.05, 4.69) is 9.97 Å². The molecule has 0 saturated carbocycles. The van der Waals surface area contributed by atoms with E-state index in [9.17, 15) is 25.9 Å². The van der Waals surface area contributed by atoms with E-state index < -0.39 is 30.5 Å². The second kappa shape index (κ2) is 21.4. The van der Waals surface area contributed by atoms with Crippen LogP contribution in [0.3, 0.4) is 0 Å². The number of benzene rings is 6. The molecule has 2 heterocycles. The van der Waals surface area contributed by atoms with Crippen molar-refractivity contribution in [3.8, 4) is 11.4 Å². The Balaban J connectivity index is 0.000000220. The maximum Gasteiger partial charge on any atom is 1.00 e. The van der Waals surface area contributed by atoms with Gasteiger partial charge in [0.05, 0.1) is 22.8 Å². The smallest absolute Gasteiger partial charge is 0.742 e. The van der Waals surface area contributed by atoms with Crippen molar-refractivity contribution in [1.29, 1.82) is 0 Å². The van der Waals surface area contributed by atoms with Crippen molar-refractivity contribution < 1.29 is 85.1 Å². The van der Waals surface area contributed by atoms with Crippen molar-refractivity contribution in [2.24, 2.45) is 0 Å². The minimum atomic E-state index is -4.77. The fraction of sp³-hybridized carbons (Fsp3) is 0.0870. The van der Waals surface area contributed by atoms with Crippen LogP contribution in [0.2, 0.25) is 0 Å². The van der Waals surface area contributed by atoms with Crippen molar-refractivity contribution in [2.75, 3.05) is 0 Å². The van der Waals surface area contributed by atoms with E-state index in [0.29, 0.717) is 59.8 Å². The first-order valence-electron chi connectivity index (χ1n) is 18.4. The molecule has 0 aliphatic rings. The van der Waals surface area contributed by atoms with E-state index in [4.69, 9.17) is 0 Å². The summed E-state index contributed by atoms with van der Waals surface area (Å²) in [5.74, 6) is 0. The Kier molecular flexibility index (Phi) is 16.6. The summed E-state index contributed by atoms with van der Waals surface area (Å²) < 4.78 is 75.3. The topological polar surface area (TPSA) is 150 Å². The summed E-state index contributed by atoms with van der Waals surface area (Å²) in [5, 5.41) is -0.943. The van der Waals surface area contributed by atoms with E-state index >= 15 is 0 Å². The molecule has 0 aliphatic heterocycles. The third-order valence-electron chi connectivity index (χ3n) is 9.38. The van der Waals surface area contributed by atoms with Crippen LogP contribution in [0.4, 0.5) is 0 Å². The summed E-state index contributed by atoms with van der Waals surface area (Å²) in [6.07, 6.45) is 1.79. The van der Waals surface area contributed by atoms with E-state index in [0.717, 1.165) is 22.3 Å². The summed E-state index contributed by atoms with van der Waals surface area (Å²) in [4.78, 5) is 8.62. The maximum atomic E-state index is 12.1. The van der Waals surface area contributed by atoms with Gasteiger partial charge in [-0.1, -0.05) is 158 Å². The fourth-order valence-corrected chi connectivity index (χ4v) is 8.10. The Labute approximate surface area is 395 Å². The van der Waals surface area contributed by atoms with Crippen molar-refractivity contribution in [3.05, 3.63) is 227 Å². The number of rotatable bonds is 12. The molecule has 8 rings (SSSR count). The first kappa shape index (κ1) is 46.6. The van der Waals surface area contributed by atoms with Gasteiger partial charge in [0.25, 0.3) is 0 Å². The third-order valence-corrected chi connectivity index (χ3v) is 10.8. The average molecular weight is 853 g/mol. The van der Waals surface area contributed by atoms with E-state index in [1.165, 1.54) is 9.13 Å². The number of imidazole rings is 2. The predicted molar refractivity (Wildman–Crippen MR) is 220 cm³/mol. The number of nitrogens with zero attached hydrogens (tertiary/aromatic N) is 4. The predicted octanol–water partition coefficient (Wildman–Crippen LogP) is 1.92. The molecule has 0 saturated heterocycles. The van der Waals surface area contributed by atoms with Crippen LogP contribution in [0.1, 0.15) is 45.0 Å². The molecule has 0 unspecified atom stereocenters. The molecular formula is C46H38N4Na2O6S2. The van der Waals surface area contributed by atoms with Gasteiger partial charge in [-0.05, 0) is 46.5 Å². The quantitative estimate of drug-likeness (QED) is 0.134. The van der Waals surface area contributed by atoms with Crippen LogP contribution in [0.25, 0.3) is 11.4 Å². The van der Waals surface area contributed by atoms with Crippen LogP contribution in [0.15, 0.2) is 192 Å². The molecule has 60 heavy (non-hydrogen) atoms. The van der Waals surface area contributed by atoms with Gasteiger partial charge in [-0.15, -0.1) is 0 Å². The summed E-state index contributed by atoms with van der Waals surface area (Å²) in [6.45, 7) is 0. The van der Waals surface area contributed by atoms with Gasteiger partial charge >= 0.3 is 59.1 Å². The van der Waals surface area contributed by atoms with Crippen LogP contribution >= 0.6 is 0 Å². The molecule has 0 spiro atoms. The number of hydrogen-bond donors (Lipinski definition) is 0. The second-order valence-corrected chi connectivity index (χ2v) is 16.0. The van der Waals surface area contributed by atoms with Gasteiger partial charge < -0.3 is 9.11 Å².